The number of methoxy groups -OCH3 is 1. The third-order valence-electron chi connectivity index (χ3n) is 4.46. The molecule has 0 atom stereocenters. The van der Waals surface area contributed by atoms with E-state index in [0.29, 0.717) is 28.3 Å². The van der Waals surface area contributed by atoms with E-state index in [9.17, 15) is 0 Å². The van der Waals surface area contributed by atoms with Gasteiger partial charge in [0.25, 0.3) is 0 Å². The predicted octanol–water partition coefficient (Wildman–Crippen LogP) is 6.50. The number of ether oxygens (including phenoxy) is 2. The molecule has 1 heterocycles. The number of nitrogens with one attached hydrogen (secondary N) is 1. The highest BCUT2D eigenvalue weighted by molar-refractivity contribution is 7.14. The van der Waals surface area contributed by atoms with E-state index in [-0.39, 0.29) is 0 Å². The lowest BCUT2D eigenvalue weighted by Gasteiger charge is -2.13. The van der Waals surface area contributed by atoms with Crippen molar-refractivity contribution in [3.05, 3.63) is 94.3 Å². The molecule has 0 saturated carbocycles. The number of rotatable bonds is 8. The van der Waals surface area contributed by atoms with Gasteiger partial charge in [-0.3, -0.25) is 5.43 Å². The molecule has 0 aliphatic carbocycles. The summed E-state index contributed by atoms with van der Waals surface area (Å²) in [4.78, 5) is 4.58. The number of anilines is 1. The van der Waals surface area contributed by atoms with Gasteiger partial charge in [-0.25, -0.2) is 4.98 Å². The zero-order chi connectivity index (χ0) is 21.5. The van der Waals surface area contributed by atoms with Gasteiger partial charge in [0.2, 0.25) is 5.13 Å². The smallest absolute Gasteiger partial charge is 0.203 e. The molecule has 0 amide bonds. The summed E-state index contributed by atoms with van der Waals surface area (Å²) >= 11 is 7.45. The van der Waals surface area contributed by atoms with Crippen LogP contribution in [0, 0.1) is 0 Å². The van der Waals surface area contributed by atoms with Crippen LogP contribution in [0.15, 0.2) is 83.3 Å². The summed E-state index contributed by atoms with van der Waals surface area (Å²) in [7, 11) is 1.62. The number of aromatic nitrogens is 1. The average molecular weight is 450 g/mol. The van der Waals surface area contributed by atoms with Crippen molar-refractivity contribution in [2.45, 2.75) is 6.61 Å². The zero-order valence-corrected chi connectivity index (χ0v) is 18.4. The van der Waals surface area contributed by atoms with Gasteiger partial charge >= 0.3 is 0 Å². The number of hydrazone groups is 1. The maximum Gasteiger partial charge on any atom is 0.203 e. The first-order chi connectivity index (χ1) is 15.2. The Morgan fingerprint density at radius 3 is 2.61 bits per heavy atom. The predicted molar refractivity (Wildman–Crippen MR) is 128 cm³/mol. The third kappa shape index (κ3) is 5.42. The molecule has 0 aliphatic heterocycles. The van der Waals surface area contributed by atoms with E-state index in [2.05, 4.69) is 15.5 Å². The Bertz CT molecular complexity index is 1160. The van der Waals surface area contributed by atoms with Crippen molar-refractivity contribution in [1.82, 2.24) is 4.98 Å². The van der Waals surface area contributed by atoms with E-state index in [1.54, 1.807) is 13.3 Å². The first-order valence-corrected chi connectivity index (χ1v) is 10.8. The molecule has 3 aromatic carbocycles. The van der Waals surface area contributed by atoms with Gasteiger partial charge in [0.05, 0.1) is 19.0 Å². The lowest BCUT2D eigenvalue weighted by molar-refractivity contribution is 0.284. The summed E-state index contributed by atoms with van der Waals surface area (Å²) in [6.45, 7) is 0.388. The lowest BCUT2D eigenvalue weighted by atomic mass is 10.2. The Balaban J connectivity index is 1.47. The SMILES string of the molecule is COc1cccc(C=NNc2nc(-c3ccccc3)cs2)c1OCc1ccc(Cl)cc1. The normalized spacial score (nSPS) is 10.9. The van der Waals surface area contributed by atoms with E-state index >= 15 is 0 Å². The van der Waals surface area contributed by atoms with Crippen LogP contribution in [0.4, 0.5) is 5.13 Å². The summed E-state index contributed by atoms with van der Waals surface area (Å²) in [6.07, 6.45) is 1.70. The molecule has 0 fully saturated rings. The number of benzene rings is 3. The highest BCUT2D eigenvalue weighted by atomic mass is 35.5. The second-order valence-electron chi connectivity index (χ2n) is 6.57. The monoisotopic (exact) mass is 449 g/mol. The largest absolute Gasteiger partial charge is 0.493 e. The van der Waals surface area contributed by atoms with Crippen LogP contribution in [0.1, 0.15) is 11.1 Å². The second-order valence-corrected chi connectivity index (χ2v) is 7.86. The molecular weight excluding hydrogens is 430 g/mol. The van der Waals surface area contributed by atoms with Crippen LogP contribution in [-0.4, -0.2) is 18.3 Å². The molecule has 0 aliphatic rings. The van der Waals surface area contributed by atoms with Crippen LogP contribution in [0.3, 0.4) is 0 Å². The van der Waals surface area contributed by atoms with E-state index in [1.807, 2.05) is 78.2 Å². The van der Waals surface area contributed by atoms with Crippen molar-refractivity contribution in [2.75, 3.05) is 12.5 Å². The molecule has 7 heteroatoms. The maximum absolute atomic E-state index is 6.05. The number of hydrogen-bond acceptors (Lipinski definition) is 6. The van der Waals surface area contributed by atoms with Crippen LogP contribution >= 0.6 is 22.9 Å². The summed E-state index contributed by atoms with van der Waals surface area (Å²) in [5.74, 6) is 1.26. The molecule has 5 nitrogen and oxygen atoms in total. The van der Waals surface area contributed by atoms with Crippen molar-refractivity contribution >= 4 is 34.3 Å². The number of nitrogens with zero attached hydrogens (tertiary/aromatic N) is 2. The Morgan fingerprint density at radius 1 is 1.03 bits per heavy atom. The van der Waals surface area contributed by atoms with Gasteiger partial charge in [0.1, 0.15) is 6.61 Å². The van der Waals surface area contributed by atoms with Crippen LogP contribution in [0.25, 0.3) is 11.3 Å². The second kappa shape index (κ2) is 10.1. The van der Waals surface area contributed by atoms with Gasteiger partial charge in [0, 0.05) is 21.5 Å². The van der Waals surface area contributed by atoms with Gasteiger partial charge in [-0.05, 0) is 29.8 Å². The van der Waals surface area contributed by atoms with Crippen LogP contribution in [0.2, 0.25) is 5.02 Å². The quantitative estimate of drug-likeness (QED) is 0.246. The zero-order valence-electron chi connectivity index (χ0n) is 16.8. The molecule has 31 heavy (non-hydrogen) atoms. The highest BCUT2D eigenvalue weighted by Gasteiger charge is 2.10. The Morgan fingerprint density at radius 2 is 1.84 bits per heavy atom. The lowest BCUT2D eigenvalue weighted by Crippen LogP contribution is -2.01. The fourth-order valence-corrected chi connectivity index (χ4v) is 3.70. The molecule has 0 saturated heterocycles. The third-order valence-corrected chi connectivity index (χ3v) is 5.46. The summed E-state index contributed by atoms with van der Waals surface area (Å²) in [6, 6.07) is 23.2. The van der Waals surface area contributed by atoms with Gasteiger partial charge in [-0.1, -0.05) is 60.1 Å². The molecule has 0 unspecified atom stereocenters. The number of hydrogen-bond donors (Lipinski definition) is 1. The molecular formula is C24H20ClN3O2S. The van der Waals surface area contributed by atoms with E-state index in [0.717, 1.165) is 22.4 Å². The number of para-hydroxylation sites is 1. The van der Waals surface area contributed by atoms with Crippen LogP contribution < -0.4 is 14.9 Å². The van der Waals surface area contributed by atoms with Gasteiger partial charge in [0.15, 0.2) is 11.5 Å². The van der Waals surface area contributed by atoms with Crippen LogP contribution in [0.5, 0.6) is 11.5 Å². The van der Waals surface area contributed by atoms with Crippen molar-refractivity contribution in [2.24, 2.45) is 5.10 Å². The topological polar surface area (TPSA) is 55.7 Å². The minimum Gasteiger partial charge on any atom is -0.493 e. The molecule has 1 aromatic heterocycles. The first kappa shape index (κ1) is 20.9. The van der Waals surface area contributed by atoms with Crippen molar-refractivity contribution < 1.29 is 9.47 Å². The molecule has 0 bridgehead atoms. The maximum atomic E-state index is 6.05. The summed E-state index contributed by atoms with van der Waals surface area (Å²) in [5.41, 5.74) is 6.78. The Labute approximate surface area is 190 Å². The fraction of sp³-hybridized carbons (Fsp3) is 0.0833. The van der Waals surface area contributed by atoms with Gasteiger partial charge in [-0.2, -0.15) is 5.10 Å². The summed E-state index contributed by atoms with van der Waals surface area (Å²) in [5, 5.41) is 7.74. The van der Waals surface area contributed by atoms with E-state index in [4.69, 9.17) is 21.1 Å². The highest BCUT2D eigenvalue weighted by Crippen LogP contribution is 2.31. The van der Waals surface area contributed by atoms with Gasteiger partial charge in [-0.15, -0.1) is 11.3 Å². The molecule has 4 rings (SSSR count). The first-order valence-electron chi connectivity index (χ1n) is 9.57. The van der Waals surface area contributed by atoms with Crippen LogP contribution in [-0.2, 0) is 6.61 Å². The number of halogens is 1. The average Bonchev–Trinajstić information content (AvgIpc) is 3.28. The van der Waals surface area contributed by atoms with Crippen molar-refractivity contribution in [3.8, 4) is 22.8 Å². The van der Waals surface area contributed by atoms with Crippen molar-refractivity contribution in [3.63, 3.8) is 0 Å². The molecule has 0 radical (unpaired) electrons. The summed E-state index contributed by atoms with van der Waals surface area (Å²) < 4.78 is 11.5. The van der Waals surface area contributed by atoms with E-state index in [1.165, 1.54) is 11.3 Å². The molecule has 156 valence electrons. The van der Waals surface area contributed by atoms with E-state index < -0.39 is 0 Å². The standard InChI is InChI=1S/C24H20ClN3O2S/c1-29-22-9-5-8-19(23(22)30-15-17-10-12-20(25)13-11-17)14-26-28-24-27-21(16-31-24)18-6-3-2-4-7-18/h2-14,16H,15H2,1H3,(H,27,28). The molecule has 0 spiro atoms. The molecule has 1 N–H and O–H groups in total. The number of thiazole rings is 1. The molecule has 4 aromatic rings. The Hall–Kier alpha value is -3.35. The fourth-order valence-electron chi connectivity index (χ4n) is 2.91. The van der Waals surface area contributed by atoms with Gasteiger partial charge < -0.3 is 9.47 Å². The Kier molecular flexibility index (Phi) is 6.82. The van der Waals surface area contributed by atoms with Crippen molar-refractivity contribution in [1.29, 1.82) is 0 Å². The minimum atomic E-state index is 0.388. The minimum absolute atomic E-state index is 0.388.